The molecule has 0 aliphatic rings. The number of hydrogen-bond acceptors (Lipinski definition) is 4. The normalized spacial score (nSPS) is 14.0. The molecule has 266 valence electrons. The van der Waals surface area contributed by atoms with Crippen LogP contribution in [0, 0.1) is 0 Å². The number of carbonyl (C=O) groups is 1. The Kier molecular flexibility index (Phi) is 34.8. The van der Waals surface area contributed by atoms with Gasteiger partial charge in [-0.3, -0.25) is 4.79 Å². The number of aliphatic hydroxyl groups is 3. The molecule has 0 aromatic rings. The Balaban J connectivity index is 3.65. The molecule has 0 aliphatic carbocycles. The van der Waals surface area contributed by atoms with E-state index in [1.54, 1.807) is 0 Å². The summed E-state index contributed by atoms with van der Waals surface area (Å²) in [5.41, 5.74) is 0. The topological polar surface area (TPSA) is 89.8 Å². The van der Waals surface area contributed by atoms with Crippen molar-refractivity contribution in [3.63, 3.8) is 0 Å². The number of nitrogens with one attached hydrogen (secondary N) is 1. The predicted octanol–water partition coefficient (Wildman–Crippen LogP) is 10.7. The van der Waals surface area contributed by atoms with Crippen LogP contribution in [0.3, 0.4) is 0 Å². The van der Waals surface area contributed by atoms with E-state index in [0.717, 1.165) is 38.5 Å². The number of rotatable bonds is 35. The van der Waals surface area contributed by atoms with Crippen LogP contribution in [0.4, 0.5) is 0 Å². The van der Waals surface area contributed by atoms with Gasteiger partial charge in [0.15, 0.2) is 0 Å². The summed E-state index contributed by atoms with van der Waals surface area (Å²) in [6.07, 6.45) is 41.6. The van der Waals surface area contributed by atoms with Crippen molar-refractivity contribution in [3.05, 3.63) is 24.3 Å². The van der Waals surface area contributed by atoms with E-state index in [4.69, 9.17) is 0 Å². The highest BCUT2D eigenvalue weighted by Crippen LogP contribution is 2.15. The fourth-order valence-electron chi connectivity index (χ4n) is 5.93. The molecule has 4 N–H and O–H groups in total. The van der Waals surface area contributed by atoms with Gasteiger partial charge in [-0.15, -0.1) is 0 Å². The average molecular weight is 636 g/mol. The van der Waals surface area contributed by atoms with Crippen molar-refractivity contribution in [1.82, 2.24) is 5.32 Å². The molecule has 3 unspecified atom stereocenters. The third kappa shape index (κ3) is 31.2. The first kappa shape index (κ1) is 43.8. The van der Waals surface area contributed by atoms with Crippen LogP contribution in [0.25, 0.3) is 0 Å². The summed E-state index contributed by atoms with van der Waals surface area (Å²) in [5, 5.41) is 33.2. The summed E-state index contributed by atoms with van der Waals surface area (Å²) < 4.78 is 0. The average Bonchev–Trinajstić information content (AvgIpc) is 3.04. The molecule has 0 bridgehead atoms. The largest absolute Gasteiger partial charge is 0.394 e. The van der Waals surface area contributed by atoms with Crippen molar-refractivity contribution in [2.24, 2.45) is 0 Å². The van der Waals surface area contributed by atoms with Crippen LogP contribution in [0.5, 0.6) is 0 Å². The minimum Gasteiger partial charge on any atom is -0.394 e. The predicted molar refractivity (Wildman–Crippen MR) is 195 cm³/mol. The van der Waals surface area contributed by atoms with E-state index in [1.807, 2.05) is 0 Å². The van der Waals surface area contributed by atoms with Crippen LogP contribution < -0.4 is 5.32 Å². The molecule has 0 heterocycles. The Morgan fingerprint density at radius 1 is 0.533 bits per heavy atom. The van der Waals surface area contributed by atoms with Gasteiger partial charge in [-0.25, -0.2) is 0 Å². The van der Waals surface area contributed by atoms with Crippen molar-refractivity contribution in [3.8, 4) is 0 Å². The molecule has 45 heavy (non-hydrogen) atoms. The van der Waals surface area contributed by atoms with Crippen molar-refractivity contribution >= 4 is 5.91 Å². The second-order valence-corrected chi connectivity index (χ2v) is 13.5. The van der Waals surface area contributed by atoms with E-state index in [-0.39, 0.29) is 12.5 Å². The lowest BCUT2D eigenvalue weighted by molar-refractivity contribution is -0.124. The van der Waals surface area contributed by atoms with Gasteiger partial charge in [0.2, 0.25) is 5.91 Å². The molecule has 0 saturated carbocycles. The summed E-state index contributed by atoms with van der Waals surface area (Å²) >= 11 is 0. The van der Waals surface area contributed by atoms with E-state index in [9.17, 15) is 20.1 Å². The summed E-state index contributed by atoms with van der Waals surface area (Å²) in [5.74, 6) is -0.191. The molecule has 0 aliphatic heterocycles. The van der Waals surface area contributed by atoms with Crippen LogP contribution in [-0.2, 0) is 4.79 Å². The van der Waals surface area contributed by atoms with Gasteiger partial charge in [0, 0.05) is 6.42 Å². The first-order valence-electron chi connectivity index (χ1n) is 19.6. The lowest BCUT2D eigenvalue weighted by atomic mass is 10.0. The van der Waals surface area contributed by atoms with Gasteiger partial charge in [-0.1, -0.05) is 160 Å². The minimum absolute atomic E-state index is 0.191. The fourth-order valence-corrected chi connectivity index (χ4v) is 5.93. The molecule has 1 amide bonds. The van der Waals surface area contributed by atoms with Crippen molar-refractivity contribution < 1.29 is 20.1 Å². The van der Waals surface area contributed by atoms with E-state index >= 15 is 0 Å². The van der Waals surface area contributed by atoms with Crippen molar-refractivity contribution in [2.45, 2.75) is 218 Å². The van der Waals surface area contributed by atoms with E-state index in [2.05, 4.69) is 43.5 Å². The number of amides is 1. The molecular weight excluding hydrogens is 558 g/mol. The summed E-state index contributed by atoms with van der Waals surface area (Å²) in [6, 6.07) is -0.836. The van der Waals surface area contributed by atoms with Crippen LogP contribution in [0.2, 0.25) is 0 Å². The smallest absolute Gasteiger partial charge is 0.220 e. The maximum atomic E-state index is 12.3. The maximum Gasteiger partial charge on any atom is 0.220 e. The third-order valence-electron chi connectivity index (χ3n) is 9.03. The highest BCUT2D eigenvalue weighted by molar-refractivity contribution is 5.76. The first-order valence-corrected chi connectivity index (χ1v) is 19.6. The van der Waals surface area contributed by atoms with Crippen LogP contribution in [0.1, 0.15) is 200 Å². The van der Waals surface area contributed by atoms with Crippen LogP contribution in [0.15, 0.2) is 24.3 Å². The quantitative estimate of drug-likeness (QED) is 0.0412. The molecule has 0 radical (unpaired) electrons. The van der Waals surface area contributed by atoms with Gasteiger partial charge in [0.25, 0.3) is 0 Å². The Bertz CT molecular complexity index is 665. The SMILES string of the molecule is CCCCCC/C=C\CCCC(=O)NC(CO)C(O)C(O)CCC/C=C/CCCCCCCCCCCCCCCCCCC. The first-order chi connectivity index (χ1) is 22.1. The minimum atomic E-state index is -1.17. The summed E-state index contributed by atoms with van der Waals surface area (Å²) in [4.78, 5) is 12.3. The monoisotopic (exact) mass is 636 g/mol. The van der Waals surface area contributed by atoms with Gasteiger partial charge in [0.05, 0.1) is 18.8 Å². The highest BCUT2D eigenvalue weighted by Gasteiger charge is 2.26. The van der Waals surface area contributed by atoms with Crippen molar-refractivity contribution in [2.75, 3.05) is 6.61 Å². The number of unbranched alkanes of at least 4 members (excludes halogenated alkanes) is 23. The molecule has 0 aromatic carbocycles. The Morgan fingerprint density at radius 3 is 1.31 bits per heavy atom. The van der Waals surface area contributed by atoms with Crippen LogP contribution >= 0.6 is 0 Å². The fraction of sp³-hybridized carbons (Fsp3) is 0.875. The summed E-state index contributed by atoms with van der Waals surface area (Å²) in [7, 11) is 0. The molecule has 0 saturated heterocycles. The second kappa shape index (κ2) is 35.7. The van der Waals surface area contributed by atoms with E-state index in [0.29, 0.717) is 12.8 Å². The molecule has 0 fully saturated rings. The maximum absolute atomic E-state index is 12.3. The third-order valence-corrected chi connectivity index (χ3v) is 9.03. The standard InChI is InChI=1S/C40H77NO4/c1-3-5-7-9-11-13-14-15-16-17-18-19-20-21-22-23-24-25-27-28-30-32-34-38(43)40(45)37(36-42)41-39(44)35-33-31-29-26-12-10-8-6-4-2/h26-29,37-38,40,42-43,45H,3-25,30-36H2,1-2H3,(H,41,44)/b28-27+,29-26-. The highest BCUT2D eigenvalue weighted by atomic mass is 16.3. The number of hydrogen-bond donors (Lipinski definition) is 4. The van der Waals surface area contributed by atoms with Gasteiger partial charge in [0.1, 0.15) is 6.10 Å². The Morgan fingerprint density at radius 2 is 0.889 bits per heavy atom. The van der Waals surface area contributed by atoms with Gasteiger partial charge in [-0.05, 0) is 57.8 Å². The van der Waals surface area contributed by atoms with Gasteiger partial charge >= 0.3 is 0 Å². The lowest BCUT2D eigenvalue weighted by Crippen LogP contribution is -2.50. The zero-order valence-corrected chi connectivity index (χ0v) is 30.0. The Labute approximate surface area is 280 Å². The molecule has 0 rings (SSSR count). The zero-order chi connectivity index (χ0) is 33.1. The Hall–Kier alpha value is -1.17. The molecule has 3 atom stereocenters. The summed E-state index contributed by atoms with van der Waals surface area (Å²) in [6.45, 7) is 4.11. The second-order valence-electron chi connectivity index (χ2n) is 13.5. The molecule has 5 heteroatoms. The number of carbonyl (C=O) groups excluding carboxylic acids is 1. The van der Waals surface area contributed by atoms with Gasteiger partial charge in [-0.2, -0.15) is 0 Å². The zero-order valence-electron chi connectivity index (χ0n) is 30.0. The molecular formula is C40H77NO4. The molecule has 5 nitrogen and oxygen atoms in total. The number of allylic oxidation sites excluding steroid dienone is 4. The van der Waals surface area contributed by atoms with Crippen LogP contribution in [-0.4, -0.2) is 46.1 Å². The number of aliphatic hydroxyl groups excluding tert-OH is 3. The molecule has 0 spiro atoms. The van der Waals surface area contributed by atoms with E-state index in [1.165, 1.54) is 135 Å². The lowest BCUT2D eigenvalue weighted by Gasteiger charge is -2.26. The van der Waals surface area contributed by atoms with E-state index < -0.39 is 18.2 Å². The van der Waals surface area contributed by atoms with Gasteiger partial charge < -0.3 is 20.6 Å². The molecule has 0 aromatic heterocycles. The van der Waals surface area contributed by atoms with Crippen molar-refractivity contribution in [1.29, 1.82) is 0 Å².